The maximum atomic E-state index is 13.5. The molecule has 3 amide bonds. The number of nitro benzene ring substituents is 1. The number of hydrogen-bond acceptors (Lipinski definition) is 8. The molecule has 13 heteroatoms. The van der Waals surface area contributed by atoms with E-state index < -0.39 is 22.0 Å². The van der Waals surface area contributed by atoms with Crippen molar-refractivity contribution >= 4 is 75.0 Å². The Balaban J connectivity index is 1.30. The summed E-state index contributed by atoms with van der Waals surface area (Å²) in [4.78, 5) is 56.1. The van der Waals surface area contributed by atoms with Crippen molar-refractivity contribution in [3.05, 3.63) is 140 Å². The van der Waals surface area contributed by atoms with Crippen LogP contribution in [0.5, 0.6) is 0 Å². The number of thioether (sulfide) groups is 1. The molecule has 0 aliphatic rings. The molecule has 0 saturated heterocycles. The smallest absolute Gasteiger partial charge is 0.276 e. The maximum absolute atomic E-state index is 13.5. The number of amides is 3. The van der Waals surface area contributed by atoms with Crippen molar-refractivity contribution in [2.24, 2.45) is 0 Å². The number of aromatic nitrogens is 1. The molecule has 1 heterocycles. The van der Waals surface area contributed by atoms with E-state index in [1.54, 1.807) is 66.7 Å². The standard InChI is InChI=1S/C35H28ClN5O5S2/c1-2-31(34(44)40-35-39-29(21-47-35)22-15-17-25(36)18-16-22)48-27-13-8-12-26(20-27)37-33(43)28(38-32(42)23-9-4-3-5-10-23)19-24-11-6-7-14-30(24)41(45)46/h3-21,31H,2H2,1H3,(H,37,43)(H,38,42)(H,39,40,44)/b28-19+. The monoisotopic (exact) mass is 697 g/mol. The first-order chi connectivity index (χ1) is 23.2. The second kappa shape index (κ2) is 16.0. The second-order valence-electron chi connectivity index (χ2n) is 10.2. The molecule has 0 saturated carbocycles. The third kappa shape index (κ3) is 8.94. The van der Waals surface area contributed by atoms with Gasteiger partial charge in [-0.1, -0.05) is 67.1 Å². The van der Waals surface area contributed by atoms with Gasteiger partial charge >= 0.3 is 0 Å². The zero-order chi connectivity index (χ0) is 34.0. The SMILES string of the molecule is CCC(Sc1cccc(NC(=O)/C(=C\c2ccccc2[N+](=O)[O-])NC(=O)c2ccccc2)c1)C(=O)Nc1nc(-c2ccc(Cl)cc2)cs1. The highest BCUT2D eigenvalue weighted by Gasteiger charge is 2.21. The Morgan fingerprint density at radius 1 is 0.958 bits per heavy atom. The molecule has 5 aromatic rings. The number of para-hydroxylation sites is 1. The molecular weight excluding hydrogens is 670 g/mol. The fourth-order valence-corrected chi connectivity index (χ4v) is 6.34. The van der Waals surface area contributed by atoms with Crippen LogP contribution in [0.2, 0.25) is 5.02 Å². The van der Waals surface area contributed by atoms with Crippen LogP contribution in [-0.2, 0) is 9.59 Å². The number of carbonyl (C=O) groups excluding carboxylic acids is 3. The molecule has 4 aromatic carbocycles. The average Bonchev–Trinajstić information content (AvgIpc) is 3.56. The Kier molecular flexibility index (Phi) is 11.4. The molecule has 1 unspecified atom stereocenters. The van der Waals surface area contributed by atoms with Gasteiger partial charge in [0.1, 0.15) is 5.70 Å². The van der Waals surface area contributed by atoms with E-state index in [-0.39, 0.29) is 22.9 Å². The third-order valence-corrected chi connectivity index (χ3v) is 9.24. The van der Waals surface area contributed by atoms with Gasteiger partial charge in [0.15, 0.2) is 5.13 Å². The summed E-state index contributed by atoms with van der Waals surface area (Å²) in [5, 5.41) is 22.4. The fourth-order valence-electron chi connectivity index (χ4n) is 4.48. The predicted molar refractivity (Wildman–Crippen MR) is 191 cm³/mol. The molecule has 0 bridgehead atoms. The number of thiazole rings is 1. The van der Waals surface area contributed by atoms with Crippen molar-refractivity contribution in [3.63, 3.8) is 0 Å². The van der Waals surface area contributed by atoms with Gasteiger partial charge in [0, 0.05) is 38.2 Å². The van der Waals surface area contributed by atoms with Crippen molar-refractivity contribution < 1.29 is 19.3 Å². The lowest BCUT2D eigenvalue weighted by Crippen LogP contribution is -2.30. The van der Waals surface area contributed by atoms with Crippen molar-refractivity contribution in [3.8, 4) is 11.3 Å². The summed E-state index contributed by atoms with van der Waals surface area (Å²) in [5.74, 6) is -1.46. The summed E-state index contributed by atoms with van der Waals surface area (Å²) in [6.45, 7) is 1.90. The first kappa shape index (κ1) is 34.0. The molecule has 5 rings (SSSR count). The minimum atomic E-state index is -0.690. The number of nitrogens with one attached hydrogen (secondary N) is 3. The Bertz CT molecular complexity index is 1980. The molecule has 3 N–H and O–H groups in total. The largest absolute Gasteiger partial charge is 0.321 e. The van der Waals surface area contributed by atoms with E-state index in [0.29, 0.717) is 32.7 Å². The molecule has 1 aromatic heterocycles. The first-order valence-electron chi connectivity index (χ1n) is 14.6. The van der Waals surface area contributed by atoms with Crippen molar-refractivity contribution in [1.29, 1.82) is 0 Å². The van der Waals surface area contributed by atoms with E-state index in [4.69, 9.17) is 11.6 Å². The molecule has 0 radical (unpaired) electrons. The Morgan fingerprint density at radius 3 is 2.42 bits per heavy atom. The highest BCUT2D eigenvalue weighted by atomic mass is 35.5. The van der Waals surface area contributed by atoms with Crippen LogP contribution in [0, 0.1) is 10.1 Å². The van der Waals surface area contributed by atoms with Crippen molar-refractivity contribution in [2.75, 3.05) is 10.6 Å². The molecule has 48 heavy (non-hydrogen) atoms. The van der Waals surface area contributed by atoms with E-state index in [0.717, 1.165) is 11.3 Å². The highest BCUT2D eigenvalue weighted by molar-refractivity contribution is 8.00. The molecule has 10 nitrogen and oxygen atoms in total. The number of halogens is 1. The van der Waals surface area contributed by atoms with E-state index >= 15 is 0 Å². The summed E-state index contributed by atoms with van der Waals surface area (Å²) in [6, 6.07) is 28.4. The fraction of sp³-hybridized carbons (Fsp3) is 0.0857. The molecule has 0 aliphatic heterocycles. The summed E-state index contributed by atoms with van der Waals surface area (Å²) in [5.41, 5.74) is 2.04. The zero-order valence-electron chi connectivity index (χ0n) is 25.4. The normalized spacial score (nSPS) is 11.8. The molecular formula is C35H28ClN5O5S2. The van der Waals surface area contributed by atoms with Crippen LogP contribution in [0.15, 0.2) is 119 Å². The van der Waals surface area contributed by atoms with Crippen LogP contribution in [0.3, 0.4) is 0 Å². The lowest BCUT2D eigenvalue weighted by Gasteiger charge is -2.15. The van der Waals surface area contributed by atoms with Crippen LogP contribution in [-0.4, -0.2) is 32.9 Å². The summed E-state index contributed by atoms with van der Waals surface area (Å²) < 4.78 is 0. The Hall–Kier alpha value is -5.30. The van der Waals surface area contributed by atoms with E-state index in [2.05, 4.69) is 20.9 Å². The predicted octanol–water partition coefficient (Wildman–Crippen LogP) is 8.29. The average molecular weight is 698 g/mol. The quantitative estimate of drug-likeness (QED) is 0.0515. The van der Waals surface area contributed by atoms with Gasteiger partial charge in [-0.05, 0) is 61.0 Å². The lowest BCUT2D eigenvalue weighted by molar-refractivity contribution is -0.385. The number of nitro groups is 1. The second-order valence-corrected chi connectivity index (χ2v) is 12.8. The van der Waals surface area contributed by atoms with Crippen molar-refractivity contribution in [2.45, 2.75) is 23.5 Å². The van der Waals surface area contributed by atoms with Gasteiger partial charge in [0.25, 0.3) is 17.5 Å². The van der Waals surface area contributed by atoms with Gasteiger partial charge in [0.2, 0.25) is 5.91 Å². The van der Waals surface area contributed by atoms with Gasteiger partial charge in [-0.15, -0.1) is 23.1 Å². The molecule has 0 fully saturated rings. The van der Waals surface area contributed by atoms with Gasteiger partial charge in [0.05, 0.1) is 21.4 Å². The third-order valence-electron chi connectivity index (χ3n) is 6.87. The van der Waals surface area contributed by atoms with Crippen molar-refractivity contribution in [1.82, 2.24) is 10.3 Å². The molecule has 242 valence electrons. The van der Waals surface area contributed by atoms with Crippen LogP contribution in [0.25, 0.3) is 17.3 Å². The number of hydrogen-bond donors (Lipinski definition) is 3. The summed E-state index contributed by atoms with van der Waals surface area (Å²) in [6.07, 6.45) is 1.79. The van der Waals surface area contributed by atoms with Crippen LogP contribution in [0.4, 0.5) is 16.5 Å². The van der Waals surface area contributed by atoms with E-state index in [1.165, 1.54) is 47.4 Å². The van der Waals surface area contributed by atoms with Gasteiger partial charge in [-0.3, -0.25) is 24.5 Å². The van der Waals surface area contributed by atoms with Crippen LogP contribution >= 0.6 is 34.7 Å². The zero-order valence-corrected chi connectivity index (χ0v) is 27.8. The number of rotatable bonds is 12. The Labute approximate surface area is 289 Å². The maximum Gasteiger partial charge on any atom is 0.276 e. The number of anilines is 2. The van der Waals surface area contributed by atoms with Crippen LogP contribution < -0.4 is 16.0 Å². The summed E-state index contributed by atoms with van der Waals surface area (Å²) in [7, 11) is 0. The highest BCUT2D eigenvalue weighted by Crippen LogP contribution is 2.31. The first-order valence-corrected chi connectivity index (χ1v) is 16.8. The van der Waals surface area contributed by atoms with E-state index in [1.807, 2.05) is 30.5 Å². The number of benzene rings is 4. The van der Waals surface area contributed by atoms with E-state index in [9.17, 15) is 24.5 Å². The molecule has 0 spiro atoms. The minimum Gasteiger partial charge on any atom is -0.321 e. The van der Waals surface area contributed by atoms with Crippen LogP contribution in [0.1, 0.15) is 29.3 Å². The molecule has 1 atom stereocenters. The topological polar surface area (TPSA) is 143 Å². The van der Waals surface area contributed by atoms with Gasteiger partial charge < -0.3 is 16.0 Å². The number of nitrogens with zero attached hydrogens (tertiary/aromatic N) is 2. The van der Waals surface area contributed by atoms with Gasteiger partial charge in [-0.25, -0.2) is 4.98 Å². The molecule has 0 aliphatic carbocycles. The minimum absolute atomic E-state index is 0.141. The van der Waals surface area contributed by atoms with Gasteiger partial charge in [-0.2, -0.15) is 0 Å². The summed E-state index contributed by atoms with van der Waals surface area (Å²) >= 11 is 8.64. The number of carbonyl (C=O) groups is 3. The lowest BCUT2D eigenvalue weighted by atomic mass is 10.1. The Morgan fingerprint density at radius 2 is 1.69 bits per heavy atom.